The molecule has 3 saturated carbocycles. The fourth-order valence-corrected chi connectivity index (χ4v) is 3.27. The van der Waals surface area contributed by atoms with Crippen LogP contribution in [0.3, 0.4) is 0 Å². The van der Waals surface area contributed by atoms with Gasteiger partial charge in [-0.3, -0.25) is 0 Å². The van der Waals surface area contributed by atoms with Crippen molar-refractivity contribution in [1.29, 1.82) is 0 Å². The van der Waals surface area contributed by atoms with Gasteiger partial charge in [-0.1, -0.05) is 20.4 Å². The Balaban J connectivity index is 2.04. The van der Waals surface area contributed by atoms with Crippen molar-refractivity contribution in [3.8, 4) is 0 Å². The highest BCUT2D eigenvalue weighted by Gasteiger charge is 2.54. The van der Waals surface area contributed by atoms with Gasteiger partial charge in [0.1, 0.15) is 0 Å². The van der Waals surface area contributed by atoms with Gasteiger partial charge in [0, 0.05) is 5.70 Å². The van der Waals surface area contributed by atoms with Crippen LogP contribution in [0, 0.1) is 23.2 Å². The van der Waals surface area contributed by atoms with Crippen LogP contribution in [0.25, 0.3) is 0 Å². The van der Waals surface area contributed by atoms with E-state index in [0.717, 1.165) is 17.5 Å². The zero-order chi connectivity index (χ0) is 8.93. The molecule has 3 fully saturated rings. The highest BCUT2D eigenvalue weighted by Crippen LogP contribution is 2.63. The number of allylic oxidation sites excluding steroid dienone is 1. The Morgan fingerprint density at radius 1 is 1.50 bits per heavy atom. The third-order valence-electron chi connectivity index (χ3n) is 4.07. The van der Waals surface area contributed by atoms with Crippen LogP contribution < -0.4 is 5.73 Å². The molecular weight excluding hydrogens is 146 g/mol. The first-order valence-corrected chi connectivity index (χ1v) is 4.96. The van der Waals surface area contributed by atoms with Crippen LogP contribution in [-0.4, -0.2) is 0 Å². The third kappa shape index (κ3) is 0.988. The fourth-order valence-electron chi connectivity index (χ4n) is 3.27. The van der Waals surface area contributed by atoms with Crippen LogP contribution in [-0.2, 0) is 0 Å². The standard InChI is InChI=1S/C11H19N/c1-7(8(2)12)10-6-11(3)4-9(10)5-11/h7,9-10H,2,4-6,12H2,1,3H3. The average Bonchev–Trinajstić information content (AvgIpc) is 2.38. The van der Waals surface area contributed by atoms with Gasteiger partial charge in [0.2, 0.25) is 0 Å². The van der Waals surface area contributed by atoms with Crippen molar-refractivity contribution in [3.63, 3.8) is 0 Å². The second kappa shape index (κ2) is 2.27. The van der Waals surface area contributed by atoms with Crippen LogP contribution in [0.4, 0.5) is 0 Å². The lowest BCUT2D eigenvalue weighted by atomic mass is 9.70. The molecule has 3 rings (SSSR count). The van der Waals surface area contributed by atoms with E-state index in [4.69, 9.17) is 5.73 Å². The van der Waals surface area contributed by atoms with E-state index >= 15 is 0 Å². The van der Waals surface area contributed by atoms with Gasteiger partial charge in [-0.25, -0.2) is 0 Å². The van der Waals surface area contributed by atoms with Crippen LogP contribution in [0.1, 0.15) is 33.1 Å². The van der Waals surface area contributed by atoms with Crippen LogP contribution in [0.2, 0.25) is 0 Å². The number of fused-ring (bicyclic) bond motifs is 1. The monoisotopic (exact) mass is 165 g/mol. The number of nitrogens with two attached hydrogens (primary N) is 1. The maximum absolute atomic E-state index is 5.75. The van der Waals surface area contributed by atoms with Crippen molar-refractivity contribution in [2.75, 3.05) is 0 Å². The normalized spacial score (nSPS) is 46.8. The molecule has 1 nitrogen and oxygen atoms in total. The van der Waals surface area contributed by atoms with E-state index in [9.17, 15) is 0 Å². The lowest BCUT2D eigenvalue weighted by molar-refractivity contribution is 0.158. The minimum atomic E-state index is 0.541. The Kier molecular flexibility index (Phi) is 1.54. The molecule has 0 amide bonds. The largest absolute Gasteiger partial charge is 0.402 e. The van der Waals surface area contributed by atoms with Crippen molar-refractivity contribution in [1.82, 2.24) is 0 Å². The Labute approximate surface area is 75.0 Å². The summed E-state index contributed by atoms with van der Waals surface area (Å²) in [7, 11) is 0. The molecule has 2 unspecified atom stereocenters. The van der Waals surface area contributed by atoms with Crippen LogP contribution in [0.5, 0.6) is 0 Å². The highest BCUT2D eigenvalue weighted by molar-refractivity contribution is 5.09. The SMILES string of the molecule is C=C(N)C(C)C1CC2(C)CC1C2. The summed E-state index contributed by atoms with van der Waals surface area (Å²) < 4.78 is 0. The molecule has 2 N–H and O–H groups in total. The van der Waals surface area contributed by atoms with E-state index in [0.29, 0.717) is 11.3 Å². The van der Waals surface area contributed by atoms with E-state index in [1.165, 1.54) is 19.3 Å². The van der Waals surface area contributed by atoms with E-state index in [1.54, 1.807) is 0 Å². The Bertz CT molecular complexity index is 213. The van der Waals surface area contributed by atoms with Crippen LogP contribution in [0.15, 0.2) is 12.3 Å². The number of hydrogen-bond donors (Lipinski definition) is 1. The van der Waals surface area contributed by atoms with Crippen molar-refractivity contribution in [2.45, 2.75) is 33.1 Å². The maximum Gasteiger partial charge on any atom is 0.00391 e. The number of rotatable bonds is 2. The molecule has 0 saturated heterocycles. The van der Waals surface area contributed by atoms with E-state index in [1.807, 2.05) is 0 Å². The molecule has 0 radical (unpaired) electrons. The molecule has 12 heavy (non-hydrogen) atoms. The second-order valence-electron chi connectivity index (χ2n) is 5.21. The van der Waals surface area contributed by atoms with Gasteiger partial charge in [0.05, 0.1) is 0 Å². The molecule has 0 aromatic heterocycles. The first-order chi connectivity index (χ1) is 5.52. The minimum Gasteiger partial charge on any atom is -0.402 e. The van der Waals surface area contributed by atoms with E-state index in [-0.39, 0.29) is 0 Å². The van der Waals surface area contributed by atoms with Crippen LogP contribution >= 0.6 is 0 Å². The summed E-state index contributed by atoms with van der Waals surface area (Å²) in [6, 6.07) is 0. The molecule has 2 atom stereocenters. The first-order valence-electron chi connectivity index (χ1n) is 4.96. The predicted molar refractivity (Wildman–Crippen MR) is 51.4 cm³/mol. The molecule has 0 aliphatic heterocycles. The molecule has 1 heteroatoms. The van der Waals surface area contributed by atoms with Gasteiger partial charge >= 0.3 is 0 Å². The van der Waals surface area contributed by atoms with Gasteiger partial charge in [-0.15, -0.1) is 0 Å². The Hall–Kier alpha value is -0.460. The lowest BCUT2D eigenvalue weighted by Gasteiger charge is -2.35. The molecule has 0 spiro atoms. The third-order valence-corrected chi connectivity index (χ3v) is 4.07. The topological polar surface area (TPSA) is 26.0 Å². The summed E-state index contributed by atoms with van der Waals surface area (Å²) in [6.45, 7) is 8.50. The summed E-state index contributed by atoms with van der Waals surface area (Å²) in [5.74, 6) is 2.34. The minimum absolute atomic E-state index is 0.541. The van der Waals surface area contributed by atoms with Gasteiger partial charge < -0.3 is 5.73 Å². The molecular formula is C11H19N. The molecule has 68 valence electrons. The van der Waals surface area contributed by atoms with Gasteiger partial charge in [-0.2, -0.15) is 0 Å². The van der Waals surface area contributed by atoms with E-state index < -0.39 is 0 Å². The smallest absolute Gasteiger partial charge is 0.00391 e. The van der Waals surface area contributed by atoms with Crippen molar-refractivity contribution < 1.29 is 0 Å². The zero-order valence-corrected chi connectivity index (χ0v) is 8.14. The molecule has 0 aromatic carbocycles. The van der Waals surface area contributed by atoms with Crippen molar-refractivity contribution in [2.24, 2.45) is 28.9 Å². The molecule has 0 aromatic rings. The summed E-state index contributed by atoms with van der Waals surface area (Å²) in [5.41, 5.74) is 7.31. The van der Waals surface area contributed by atoms with Crippen molar-refractivity contribution in [3.05, 3.63) is 12.3 Å². The van der Waals surface area contributed by atoms with Gasteiger partial charge in [-0.05, 0) is 42.4 Å². The van der Waals surface area contributed by atoms with Crippen molar-refractivity contribution >= 4 is 0 Å². The summed E-state index contributed by atoms with van der Waals surface area (Å²) in [4.78, 5) is 0. The Morgan fingerprint density at radius 2 is 2.08 bits per heavy atom. The number of hydrogen-bond acceptors (Lipinski definition) is 1. The summed E-state index contributed by atoms with van der Waals surface area (Å²) >= 11 is 0. The van der Waals surface area contributed by atoms with Gasteiger partial charge in [0.15, 0.2) is 0 Å². The first kappa shape index (κ1) is 8.15. The average molecular weight is 165 g/mol. The maximum atomic E-state index is 5.75. The van der Waals surface area contributed by atoms with Gasteiger partial charge in [0.25, 0.3) is 0 Å². The molecule has 3 aliphatic carbocycles. The zero-order valence-electron chi connectivity index (χ0n) is 8.14. The summed E-state index contributed by atoms with van der Waals surface area (Å²) in [6.07, 6.45) is 4.26. The summed E-state index contributed by atoms with van der Waals surface area (Å²) in [5, 5.41) is 0. The second-order valence-corrected chi connectivity index (χ2v) is 5.21. The quantitative estimate of drug-likeness (QED) is 0.668. The lowest BCUT2D eigenvalue weighted by Crippen LogP contribution is -2.26. The molecule has 2 bridgehead atoms. The highest BCUT2D eigenvalue weighted by atomic mass is 14.6. The molecule has 0 heterocycles. The molecule has 3 aliphatic rings. The van der Waals surface area contributed by atoms with E-state index in [2.05, 4.69) is 20.4 Å². The predicted octanol–water partition coefficient (Wildman–Crippen LogP) is 2.53. The Morgan fingerprint density at radius 3 is 2.42 bits per heavy atom. The fraction of sp³-hybridized carbons (Fsp3) is 0.818.